The molecule has 0 atom stereocenters. The highest BCUT2D eigenvalue weighted by Crippen LogP contribution is 2.29. The summed E-state index contributed by atoms with van der Waals surface area (Å²) in [6.07, 6.45) is 7.09. The van der Waals surface area contributed by atoms with Crippen LogP contribution in [0.4, 0.5) is 4.39 Å². The molecule has 1 aliphatic heterocycles. The summed E-state index contributed by atoms with van der Waals surface area (Å²) in [7, 11) is 1.79. The third-order valence-corrected chi connectivity index (χ3v) is 5.68. The number of hydrogen-bond acceptors (Lipinski definition) is 3. The molecular formula is C18H27FN4S. The maximum Gasteiger partial charge on any atom is 0.191 e. The van der Waals surface area contributed by atoms with Crippen molar-refractivity contribution in [2.24, 2.45) is 4.99 Å². The highest BCUT2D eigenvalue weighted by molar-refractivity contribution is 7.98. The second kappa shape index (κ2) is 8.21. The summed E-state index contributed by atoms with van der Waals surface area (Å²) in [6.45, 7) is 2.94. The average Bonchev–Trinajstić information content (AvgIpc) is 3.44. The van der Waals surface area contributed by atoms with Crippen LogP contribution in [-0.4, -0.2) is 49.3 Å². The van der Waals surface area contributed by atoms with Crippen LogP contribution in [0.2, 0.25) is 0 Å². The largest absolute Gasteiger partial charge is 0.354 e. The number of hydrogen-bond donors (Lipinski definition) is 2. The number of halogens is 1. The number of aliphatic imine (C=N–C) groups is 1. The van der Waals surface area contributed by atoms with Crippen LogP contribution in [0, 0.1) is 5.82 Å². The zero-order valence-corrected chi connectivity index (χ0v) is 15.3. The van der Waals surface area contributed by atoms with Crippen LogP contribution in [0.15, 0.2) is 28.1 Å². The van der Waals surface area contributed by atoms with E-state index >= 15 is 0 Å². The standard InChI is InChI=1S/C18H27FN4S/c1-20-18(21-12-13-11-14(19)3-6-17(13)24-2)22-15-7-9-23(10-8-15)16-4-5-16/h3,6,11,15-16H,4-5,7-10,12H2,1-2H3,(H2,20,21,22). The minimum absolute atomic E-state index is 0.194. The van der Waals surface area contributed by atoms with Gasteiger partial charge in [-0.15, -0.1) is 11.8 Å². The van der Waals surface area contributed by atoms with Crippen molar-refractivity contribution in [1.82, 2.24) is 15.5 Å². The van der Waals surface area contributed by atoms with Gasteiger partial charge in [0.05, 0.1) is 0 Å². The number of nitrogens with zero attached hydrogens (tertiary/aromatic N) is 2. The highest BCUT2D eigenvalue weighted by atomic mass is 32.2. The van der Waals surface area contributed by atoms with Crippen molar-refractivity contribution in [2.45, 2.75) is 49.2 Å². The molecule has 0 unspecified atom stereocenters. The Morgan fingerprint density at radius 2 is 2.04 bits per heavy atom. The normalized spacial score (nSPS) is 20.2. The lowest BCUT2D eigenvalue weighted by molar-refractivity contribution is 0.197. The van der Waals surface area contributed by atoms with Crippen molar-refractivity contribution in [3.8, 4) is 0 Å². The zero-order valence-electron chi connectivity index (χ0n) is 14.5. The summed E-state index contributed by atoms with van der Waals surface area (Å²) >= 11 is 1.64. The van der Waals surface area contributed by atoms with E-state index in [0.717, 1.165) is 35.3 Å². The minimum atomic E-state index is -0.194. The van der Waals surface area contributed by atoms with E-state index in [-0.39, 0.29) is 5.82 Å². The summed E-state index contributed by atoms with van der Waals surface area (Å²) in [5, 5.41) is 6.85. The van der Waals surface area contributed by atoms with Crippen molar-refractivity contribution in [3.63, 3.8) is 0 Å². The molecule has 132 valence electrons. The lowest BCUT2D eigenvalue weighted by atomic mass is 10.1. The Labute approximate surface area is 148 Å². The molecule has 1 heterocycles. The second-order valence-electron chi connectivity index (χ2n) is 6.57. The molecule has 1 aromatic carbocycles. The van der Waals surface area contributed by atoms with Gasteiger partial charge in [0, 0.05) is 43.7 Å². The molecule has 6 heteroatoms. The molecule has 1 saturated carbocycles. The Morgan fingerprint density at radius 1 is 1.29 bits per heavy atom. The first-order chi connectivity index (χ1) is 11.7. The molecule has 0 bridgehead atoms. The van der Waals surface area contributed by atoms with E-state index in [4.69, 9.17) is 0 Å². The summed E-state index contributed by atoms with van der Waals surface area (Å²) in [4.78, 5) is 8.03. The molecule has 2 fully saturated rings. The van der Waals surface area contributed by atoms with Crippen molar-refractivity contribution in [1.29, 1.82) is 0 Å². The molecule has 24 heavy (non-hydrogen) atoms. The van der Waals surface area contributed by atoms with Gasteiger partial charge in [0.25, 0.3) is 0 Å². The van der Waals surface area contributed by atoms with Crippen LogP contribution in [0.5, 0.6) is 0 Å². The fourth-order valence-electron chi connectivity index (χ4n) is 3.30. The fraction of sp³-hybridized carbons (Fsp3) is 0.611. The van der Waals surface area contributed by atoms with Crippen LogP contribution >= 0.6 is 11.8 Å². The van der Waals surface area contributed by atoms with Gasteiger partial charge >= 0.3 is 0 Å². The number of benzene rings is 1. The number of guanidine groups is 1. The molecule has 1 aromatic rings. The molecule has 1 saturated heterocycles. The fourth-order valence-corrected chi connectivity index (χ4v) is 3.90. The van der Waals surface area contributed by atoms with Crippen LogP contribution in [0.3, 0.4) is 0 Å². The van der Waals surface area contributed by atoms with Crippen LogP contribution in [0.1, 0.15) is 31.2 Å². The predicted octanol–water partition coefficient (Wildman–Crippen LogP) is 2.84. The first kappa shape index (κ1) is 17.5. The lowest BCUT2D eigenvalue weighted by Crippen LogP contribution is -2.48. The number of likely N-dealkylation sites (tertiary alicyclic amines) is 1. The van der Waals surface area contributed by atoms with Gasteiger partial charge in [0.2, 0.25) is 0 Å². The Bertz CT molecular complexity index is 580. The second-order valence-corrected chi connectivity index (χ2v) is 7.42. The number of rotatable bonds is 5. The number of piperidine rings is 1. The Kier molecular flexibility index (Phi) is 6.00. The SMILES string of the molecule is CN=C(NCc1cc(F)ccc1SC)NC1CCN(C2CC2)CC1. The minimum Gasteiger partial charge on any atom is -0.354 e. The van der Waals surface area contributed by atoms with Gasteiger partial charge in [0.15, 0.2) is 5.96 Å². The third kappa shape index (κ3) is 4.63. The van der Waals surface area contributed by atoms with Crippen LogP contribution in [-0.2, 0) is 6.54 Å². The number of nitrogens with one attached hydrogen (secondary N) is 2. The quantitative estimate of drug-likeness (QED) is 0.487. The summed E-state index contributed by atoms with van der Waals surface area (Å²) < 4.78 is 13.5. The van der Waals surface area contributed by atoms with E-state index in [1.54, 1.807) is 24.9 Å². The summed E-state index contributed by atoms with van der Waals surface area (Å²) in [5.74, 6) is 0.608. The topological polar surface area (TPSA) is 39.7 Å². The Morgan fingerprint density at radius 3 is 2.67 bits per heavy atom. The van der Waals surface area contributed by atoms with E-state index in [1.807, 2.05) is 12.3 Å². The van der Waals surface area contributed by atoms with Crippen molar-refractivity contribution in [3.05, 3.63) is 29.6 Å². The van der Waals surface area contributed by atoms with Crippen LogP contribution < -0.4 is 10.6 Å². The van der Waals surface area contributed by atoms with Crippen LogP contribution in [0.25, 0.3) is 0 Å². The number of thioether (sulfide) groups is 1. The molecule has 0 radical (unpaired) electrons. The molecule has 2 N–H and O–H groups in total. The third-order valence-electron chi connectivity index (χ3n) is 4.85. The van der Waals surface area contributed by atoms with Gasteiger partial charge in [-0.1, -0.05) is 0 Å². The Balaban J connectivity index is 1.49. The molecular weight excluding hydrogens is 323 g/mol. The average molecular weight is 351 g/mol. The molecule has 1 aliphatic carbocycles. The maximum atomic E-state index is 13.5. The first-order valence-electron chi connectivity index (χ1n) is 8.73. The molecule has 3 rings (SSSR count). The van der Waals surface area contributed by atoms with Crippen molar-refractivity contribution in [2.75, 3.05) is 26.4 Å². The molecule has 0 spiro atoms. The van der Waals surface area contributed by atoms with Gasteiger partial charge in [-0.3, -0.25) is 4.99 Å². The summed E-state index contributed by atoms with van der Waals surface area (Å²) in [5.41, 5.74) is 0.967. The van der Waals surface area contributed by atoms with E-state index in [1.165, 1.54) is 32.0 Å². The first-order valence-corrected chi connectivity index (χ1v) is 9.95. The Hall–Kier alpha value is -1.27. The van der Waals surface area contributed by atoms with Gasteiger partial charge in [-0.05, 0) is 55.7 Å². The highest BCUT2D eigenvalue weighted by Gasteiger charge is 2.31. The van der Waals surface area contributed by atoms with Gasteiger partial charge in [-0.25, -0.2) is 4.39 Å². The van der Waals surface area contributed by atoms with E-state index in [2.05, 4.69) is 20.5 Å². The molecule has 0 amide bonds. The van der Waals surface area contributed by atoms with Crippen molar-refractivity contribution < 1.29 is 4.39 Å². The van der Waals surface area contributed by atoms with Gasteiger partial charge in [0.1, 0.15) is 5.82 Å². The molecule has 0 aromatic heterocycles. The zero-order chi connectivity index (χ0) is 16.9. The molecule has 2 aliphatic rings. The van der Waals surface area contributed by atoms with Gasteiger partial charge in [-0.2, -0.15) is 0 Å². The van der Waals surface area contributed by atoms with E-state index in [9.17, 15) is 4.39 Å². The maximum absolute atomic E-state index is 13.5. The van der Waals surface area contributed by atoms with Gasteiger partial charge < -0.3 is 15.5 Å². The smallest absolute Gasteiger partial charge is 0.191 e. The lowest BCUT2D eigenvalue weighted by Gasteiger charge is -2.33. The summed E-state index contributed by atoms with van der Waals surface area (Å²) in [6, 6.07) is 6.27. The molecule has 4 nitrogen and oxygen atoms in total. The van der Waals surface area contributed by atoms with Crippen molar-refractivity contribution >= 4 is 17.7 Å². The van der Waals surface area contributed by atoms with E-state index < -0.39 is 0 Å². The predicted molar refractivity (Wildman–Crippen MR) is 99.1 cm³/mol. The van der Waals surface area contributed by atoms with E-state index in [0.29, 0.717) is 12.6 Å². The monoisotopic (exact) mass is 350 g/mol.